The summed E-state index contributed by atoms with van der Waals surface area (Å²) in [6, 6.07) is 10.4. The van der Waals surface area contributed by atoms with E-state index in [0.29, 0.717) is 16.3 Å². The van der Waals surface area contributed by atoms with Crippen LogP contribution in [0.4, 0.5) is 15.3 Å². The second kappa shape index (κ2) is 9.93. The Kier molecular flexibility index (Phi) is 7.44. The third-order valence-electron chi connectivity index (χ3n) is 4.39. The Morgan fingerprint density at radius 1 is 1.15 bits per heavy atom. The predicted molar refractivity (Wildman–Crippen MR) is 127 cm³/mol. The van der Waals surface area contributed by atoms with E-state index in [2.05, 4.69) is 26.1 Å². The maximum Gasteiger partial charge on any atom is 0.424 e. The molecule has 3 rings (SSSR count). The summed E-state index contributed by atoms with van der Waals surface area (Å²) < 4.78 is 17.3. The monoisotopic (exact) mass is 535 g/mol. The van der Waals surface area contributed by atoms with Crippen LogP contribution in [-0.4, -0.2) is 27.9 Å². The Labute approximate surface area is 204 Å². The minimum Gasteiger partial charge on any atom is -0.443 e. The molecule has 3 aromatic rings. The average Bonchev–Trinajstić information content (AvgIpc) is 3.09. The topological polar surface area (TPSA) is 94.8 Å². The molecule has 0 unspecified atom stereocenters. The molecule has 2 amide bonds. The number of imide groups is 1. The molecule has 0 aliphatic rings. The van der Waals surface area contributed by atoms with Crippen LogP contribution in [0.25, 0.3) is 11.5 Å². The van der Waals surface area contributed by atoms with Gasteiger partial charge in [0.25, 0.3) is 0 Å². The molecule has 0 saturated carbocycles. The van der Waals surface area contributed by atoms with E-state index in [9.17, 15) is 9.59 Å². The fourth-order valence-corrected chi connectivity index (χ4v) is 3.47. The second-order valence-corrected chi connectivity index (χ2v) is 9.49. The molecule has 2 heterocycles. The molecule has 0 spiro atoms. The average molecular weight is 537 g/mol. The van der Waals surface area contributed by atoms with Crippen LogP contribution < -0.4 is 4.90 Å². The molecule has 0 N–H and O–H groups in total. The Balaban J connectivity index is 2.03. The Bertz CT molecular complexity index is 1160. The van der Waals surface area contributed by atoms with E-state index in [1.165, 1.54) is 0 Å². The van der Waals surface area contributed by atoms with Crippen molar-refractivity contribution in [1.82, 2.24) is 10.1 Å². The number of hydrogen-bond acceptors (Lipinski definition) is 7. The molecule has 1 atom stereocenters. The van der Waals surface area contributed by atoms with Crippen molar-refractivity contribution in [3.05, 3.63) is 63.3 Å². The highest BCUT2D eigenvalue weighted by Crippen LogP contribution is 2.36. The first-order valence-corrected chi connectivity index (χ1v) is 11.2. The minimum absolute atomic E-state index is 0.0791. The van der Waals surface area contributed by atoms with E-state index >= 15 is 0 Å². The highest BCUT2D eigenvalue weighted by Gasteiger charge is 2.37. The third kappa shape index (κ3) is 5.91. The van der Waals surface area contributed by atoms with Crippen LogP contribution in [0.1, 0.15) is 45.1 Å². The van der Waals surface area contributed by atoms with E-state index in [1.54, 1.807) is 77.2 Å². The lowest BCUT2D eigenvalue weighted by molar-refractivity contribution is 0.0546. The molecule has 2 aromatic heterocycles. The van der Waals surface area contributed by atoms with Crippen LogP contribution in [0.15, 0.2) is 51.6 Å². The molecule has 8 nitrogen and oxygen atoms in total. The van der Waals surface area contributed by atoms with Gasteiger partial charge in [0.2, 0.25) is 5.76 Å². The quantitative estimate of drug-likeness (QED) is 0.351. The molecule has 0 bridgehead atoms. The van der Waals surface area contributed by atoms with Crippen molar-refractivity contribution in [3.63, 3.8) is 0 Å². The SMILES string of the molecule is Cc1noc(-c2ccc(Br)cn2)c1N(C(=O)O[C@H](C)c1ccccc1Cl)C(=O)OC(C)(C)C. The number of pyridine rings is 1. The highest BCUT2D eigenvalue weighted by molar-refractivity contribution is 9.10. The first kappa shape index (κ1) is 24.7. The summed E-state index contributed by atoms with van der Waals surface area (Å²) in [4.78, 5) is 31.5. The fraction of sp³-hybridized carbons (Fsp3) is 0.304. The lowest BCUT2D eigenvalue weighted by atomic mass is 10.1. The van der Waals surface area contributed by atoms with Gasteiger partial charge in [-0.1, -0.05) is 35.0 Å². The van der Waals surface area contributed by atoms with Crippen LogP contribution in [0.2, 0.25) is 5.02 Å². The van der Waals surface area contributed by atoms with Gasteiger partial charge in [-0.15, -0.1) is 0 Å². The van der Waals surface area contributed by atoms with Gasteiger partial charge in [-0.05, 0) is 68.7 Å². The zero-order chi connectivity index (χ0) is 24.3. The number of aryl methyl sites for hydroxylation is 1. The van der Waals surface area contributed by atoms with E-state index in [-0.39, 0.29) is 17.1 Å². The molecular formula is C23H23BrClN3O5. The molecule has 0 radical (unpaired) electrons. The molecule has 1 aromatic carbocycles. The summed E-state index contributed by atoms with van der Waals surface area (Å²) in [5.74, 6) is 0.119. The lowest BCUT2D eigenvalue weighted by Crippen LogP contribution is -2.42. The smallest absolute Gasteiger partial charge is 0.424 e. The van der Waals surface area contributed by atoms with Gasteiger partial charge in [0.05, 0.1) is 0 Å². The second-order valence-electron chi connectivity index (χ2n) is 8.17. The van der Waals surface area contributed by atoms with Gasteiger partial charge in [0.15, 0.2) is 0 Å². The summed E-state index contributed by atoms with van der Waals surface area (Å²) in [6.07, 6.45) is -1.09. The number of anilines is 1. The number of halogens is 2. The summed E-state index contributed by atoms with van der Waals surface area (Å²) in [6.45, 7) is 8.34. The van der Waals surface area contributed by atoms with Crippen molar-refractivity contribution in [3.8, 4) is 11.5 Å². The Morgan fingerprint density at radius 3 is 2.45 bits per heavy atom. The first-order valence-electron chi connectivity index (χ1n) is 10.0. The number of carbonyl (C=O) groups excluding carboxylic acids is 2. The van der Waals surface area contributed by atoms with Gasteiger partial charge in [-0.2, -0.15) is 4.90 Å². The van der Waals surface area contributed by atoms with Crippen molar-refractivity contribution in [2.24, 2.45) is 0 Å². The van der Waals surface area contributed by atoms with Crippen LogP contribution in [0.5, 0.6) is 0 Å². The third-order valence-corrected chi connectivity index (χ3v) is 5.21. The van der Waals surface area contributed by atoms with Crippen LogP contribution in [0, 0.1) is 6.92 Å². The molecule has 0 fully saturated rings. The standard InChI is InChI=1S/C23H23BrClN3O5/c1-13-19(20(33-27-13)18-11-10-15(24)12-26-18)28(22(30)32-23(3,4)5)21(29)31-14(2)16-8-6-7-9-17(16)25/h6-12,14H,1-5H3/t14-/m1/s1. The number of hydrogen-bond donors (Lipinski definition) is 0. The van der Waals surface area contributed by atoms with Gasteiger partial charge >= 0.3 is 12.2 Å². The number of benzene rings is 1. The number of aromatic nitrogens is 2. The number of amides is 2. The van der Waals surface area contributed by atoms with Gasteiger partial charge in [-0.3, -0.25) is 4.98 Å². The minimum atomic E-state index is -0.971. The lowest BCUT2D eigenvalue weighted by Gasteiger charge is -2.26. The van der Waals surface area contributed by atoms with Gasteiger partial charge < -0.3 is 14.0 Å². The van der Waals surface area contributed by atoms with E-state index < -0.39 is 23.9 Å². The molecular weight excluding hydrogens is 514 g/mol. The summed E-state index contributed by atoms with van der Waals surface area (Å²) in [5, 5.41) is 4.38. The molecule has 33 heavy (non-hydrogen) atoms. The summed E-state index contributed by atoms with van der Waals surface area (Å²) >= 11 is 9.57. The van der Waals surface area contributed by atoms with Gasteiger partial charge in [-0.25, -0.2) is 9.59 Å². The van der Waals surface area contributed by atoms with Crippen molar-refractivity contribution in [2.45, 2.75) is 46.3 Å². The number of rotatable bonds is 4. The van der Waals surface area contributed by atoms with Gasteiger partial charge in [0.1, 0.15) is 28.8 Å². The largest absolute Gasteiger partial charge is 0.443 e. The number of nitrogens with zero attached hydrogens (tertiary/aromatic N) is 3. The summed E-state index contributed by atoms with van der Waals surface area (Å²) in [7, 11) is 0. The Hall–Kier alpha value is -2.91. The zero-order valence-corrected chi connectivity index (χ0v) is 21.1. The van der Waals surface area contributed by atoms with Crippen molar-refractivity contribution < 1.29 is 23.6 Å². The number of carbonyl (C=O) groups is 2. The van der Waals surface area contributed by atoms with Crippen molar-refractivity contribution in [2.75, 3.05) is 4.90 Å². The van der Waals surface area contributed by atoms with Crippen LogP contribution >= 0.6 is 27.5 Å². The normalized spacial score (nSPS) is 12.2. The summed E-state index contributed by atoms with van der Waals surface area (Å²) in [5.41, 5.74) is 0.451. The molecule has 0 aliphatic carbocycles. The maximum atomic E-state index is 13.3. The van der Waals surface area contributed by atoms with Crippen molar-refractivity contribution >= 4 is 45.4 Å². The number of ether oxygens (including phenoxy) is 2. The molecule has 10 heteroatoms. The van der Waals surface area contributed by atoms with Crippen LogP contribution in [-0.2, 0) is 9.47 Å². The first-order chi connectivity index (χ1) is 15.5. The predicted octanol–water partition coefficient (Wildman–Crippen LogP) is 7.10. The Morgan fingerprint density at radius 2 is 1.85 bits per heavy atom. The fourth-order valence-electron chi connectivity index (χ4n) is 2.94. The molecule has 0 saturated heterocycles. The molecule has 174 valence electrons. The molecule has 0 aliphatic heterocycles. The van der Waals surface area contributed by atoms with Crippen LogP contribution in [0.3, 0.4) is 0 Å². The highest BCUT2D eigenvalue weighted by atomic mass is 79.9. The zero-order valence-electron chi connectivity index (χ0n) is 18.8. The van der Waals surface area contributed by atoms with Crippen molar-refractivity contribution in [1.29, 1.82) is 0 Å². The van der Waals surface area contributed by atoms with E-state index in [1.807, 2.05) is 0 Å². The van der Waals surface area contributed by atoms with E-state index in [0.717, 1.165) is 9.37 Å². The van der Waals surface area contributed by atoms with Gasteiger partial charge in [0, 0.05) is 21.3 Å². The maximum absolute atomic E-state index is 13.3. The van der Waals surface area contributed by atoms with E-state index in [4.69, 9.17) is 25.6 Å².